The normalized spacial score (nSPS) is 14.8. The molecule has 4 aromatic rings. The van der Waals surface area contributed by atoms with Gasteiger partial charge in [-0.2, -0.15) is 0 Å². The molecule has 0 saturated heterocycles. The Balaban J connectivity index is 1.50. The second kappa shape index (κ2) is 8.72. The van der Waals surface area contributed by atoms with Crippen LogP contribution in [-0.2, 0) is 11.3 Å². The number of benzene rings is 1. The smallest absolute Gasteiger partial charge is 0.268 e. The lowest BCUT2D eigenvalue weighted by atomic mass is 10.1. The van der Waals surface area contributed by atoms with Crippen LogP contribution in [0, 0.1) is 0 Å². The zero-order chi connectivity index (χ0) is 25.7. The van der Waals surface area contributed by atoms with Gasteiger partial charge in [-0.05, 0) is 70.0 Å². The molecule has 2 amide bonds. The number of aromatic nitrogens is 3. The highest BCUT2D eigenvalue weighted by atomic mass is 32.1. The molecule has 3 aromatic heterocycles. The van der Waals surface area contributed by atoms with Crippen LogP contribution in [0.1, 0.15) is 43.8 Å². The van der Waals surface area contributed by atoms with Gasteiger partial charge in [-0.1, -0.05) is 0 Å². The van der Waals surface area contributed by atoms with Crippen LogP contribution >= 0.6 is 11.3 Å². The van der Waals surface area contributed by atoms with E-state index < -0.39 is 11.2 Å². The molecular formula is C26H27N5O4S. The van der Waals surface area contributed by atoms with Gasteiger partial charge in [0.15, 0.2) is 5.60 Å². The van der Waals surface area contributed by atoms with Gasteiger partial charge in [-0.15, -0.1) is 11.3 Å². The standard InChI is InChI=1S/C26H27N5O4S/c1-25(2,34)9-12-31-18-14-19-17(28-23(33)26(3,4)35-19)13-16(18)29-24(31)30-22(32)21-6-5-20(36-21)15-7-10-27-11-8-15/h5-8,10-11,13-14,34H,9,12H2,1-4H3,(H,28,33)(H,29,30,32). The fourth-order valence-electron chi connectivity index (χ4n) is 3.93. The summed E-state index contributed by atoms with van der Waals surface area (Å²) in [7, 11) is 0. The Morgan fingerprint density at radius 1 is 1.22 bits per heavy atom. The molecule has 0 aliphatic carbocycles. The van der Waals surface area contributed by atoms with Crippen LogP contribution in [0.25, 0.3) is 21.5 Å². The summed E-state index contributed by atoms with van der Waals surface area (Å²) in [5.74, 6) is 0.350. The molecule has 0 unspecified atom stereocenters. The van der Waals surface area contributed by atoms with Crippen LogP contribution in [0.3, 0.4) is 0 Å². The highest BCUT2D eigenvalue weighted by Gasteiger charge is 2.36. The van der Waals surface area contributed by atoms with Gasteiger partial charge in [0.2, 0.25) is 5.95 Å². The number of thiophene rings is 1. The second-order valence-electron chi connectivity index (χ2n) is 9.91. The molecule has 1 aliphatic heterocycles. The maximum absolute atomic E-state index is 13.2. The monoisotopic (exact) mass is 505 g/mol. The van der Waals surface area contributed by atoms with E-state index in [1.807, 2.05) is 28.8 Å². The second-order valence-corrected chi connectivity index (χ2v) is 11.0. The van der Waals surface area contributed by atoms with Crippen LogP contribution in [0.4, 0.5) is 11.6 Å². The third-order valence-corrected chi connectivity index (χ3v) is 7.11. The Morgan fingerprint density at radius 3 is 2.69 bits per heavy atom. The zero-order valence-electron chi connectivity index (χ0n) is 20.5. The van der Waals surface area contributed by atoms with Crippen LogP contribution in [0.5, 0.6) is 5.75 Å². The van der Waals surface area contributed by atoms with Crippen LogP contribution in [-0.4, -0.2) is 42.7 Å². The minimum absolute atomic E-state index is 0.243. The van der Waals surface area contributed by atoms with E-state index in [0.29, 0.717) is 40.7 Å². The summed E-state index contributed by atoms with van der Waals surface area (Å²) in [6.45, 7) is 7.29. The van der Waals surface area contributed by atoms with Crippen molar-refractivity contribution in [2.75, 3.05) is 10.6 Å². The molecule has 0 fully saturated rings. The lowest BCUT2D eigenvalue weighted by Gasteiger charge is -2.31. The summed E-state index contributed by atoms with van der Waals surface area (Å²) < 4.78 is 7.81. The molecule has 1 aromatic carbocycles. The lowest BCUT2D eigenvalue weighted by molar-refractivity contribution is -0.129. The lowest BCUT2D eigenvalue weighted by Crippen LogP contribution is -2.45. The van der Waals surface area contributed by atoms with Crippen molar-refractivity contribution in [3.05, 3.63) is 53.7 Å². The van der Waals surface area contributed by atoms with E-state index in [1.165, 1.54) is 11.3 Å². The molecule has 36 heavy (non-hydrogen) atoms. The first kappa shape index (κ1) is 24.0. The third kappa shape index (κ3) is 4.69. The van der Waals surface area contributed by atoms with Crippen LogP contribution < -0.4 is 15.4 Å². The fraction of sp³-hybridized carbons (Fsp3) is 0.308. The van der Waals surface area contributed by atoms with Gasteiger partial charge in [0.25, 0.3) is 11.8 Å². The topological polar surface area (TPSA) is 118 Å². The highest BCUT2D eigenvalue weighted by molar-refractivity contribution is 7.17. The van der Waals surface area contributed by atoms with E-state index in [0.717, 1.165) is 16.0 Å². The Kier molecular flexibility index (Phi) is 5.80. The highest BCUT2D eigenvalue weighted by Crippen LogP contribution is 2.38. The number of ether oxygens (including phenoxy) is 1. The maximum atomic E-state index is 13.2. The molecule has 9 nitrogen and oxygen atoms in total. The van der Waals surface area contributed by atoms with Gasteiger partial charge in [-0.3, -0.25) is 19.9 Å². The molecule has 5 rings (SSSR count). The van der Waals surface area contributed by atoms with Crippen molar-refractivity contribution in [3.63, 3.8) is 0 Å². The predicted molar refractivity (Wildman–Crippen MR) is 139 cm³/mol. The van der Waals surface area contributed by atoms with Gasteiger partial charge >= 0.3 is 0 Å². The third-order valence-electron chi connectivity index (χ3n) is 5.98. The first-order chi connectivity index (χ1) is 17.0. The zero-order valence-corrected chi connectivity index (χ0v) is 21.3. The van der Waals surface area contributed by atoms with E-state index in [9.17, 15) is 14.7 Å². The Morgan fingerprint density at radius 2 is 1.97 bits per heavy atom. The first-order valence-electron chi connectivity index (χ1n) is 11.6. The average molecular weight is 506 g/mol. The number of carbonyl (C=O) groups is 2. The minimum Gasteiger partial charge on any atom is -0.476 e. The number of nitrogens with one attached hydrogen (secondary N) is 2. The van der Waals surface area contributed by atoms with Gasteiger partial charge in [0.05, 0.1) is 27.2 Å². The van der Waals surface area contributed by atoms with Crippen molar-refractivity contribution in [1.82, 2.24) is 14.5 Å². The van der Waals surface area contributed by atoms with Gasteiger partial charge in [0, 0.05) is 29.9 Å². The number of aliphatic hydroxyl groups is 1. The van der Waals surface area contributed by atoms with E-state index in [4.69, 9.17) is 4.74 Å². The molecule has 186 valence electrons. The fourth-order valence-corrected chi connectivity index (χ4v) is 4.84. The van der Waals surface area contributed by atoms with Crippen molar-refractivity contribution in [2.45, 2.75) is 51.9 Å². The number of nitrogens with zero attached hydrogens (tertiary/aromatic N) is 3. The Labute approximate surface area is 212 Å². The van der Waals surface area contributed by atoms with Crippen LogP contribution in [0.2, 0.25) is 0 Å². The number of fused-ring (bicyclic) bond motifs is 2. The number of anilines is 2. The molecular weight excluding hydrogens is 478 g/mol. The number of carbonyl (C=O) groups excluding carboxylic acids is 2. The van der Waals surface area contributed by atoms with Crippen molar-refractivity contribution in [1.29, 1.82) is 0 Å². The summed E-state index contributed by atoms with van der Waals surface area (Å²) in [5, 5.41) is 16.1. The van der Waals surface area contributed by atoms with Gasteiger partial charge in [-0.25, -0.2) is 4.98 Å². The molecule has 4 heterocycles. The number of pyridine rings is 1. The van der Waals surface area contributed by atoms with Crippen LogP contribution in [0.15, 0.2) is 48.8 Å². The van der Waals surface area contributed by atoms with E-state index in [1.54, 1.807) is 52.2 Å². The van der Waals surface area contributed by atoms with Gasteiger partial charge < -0.3 is 19.7 Å². The predicted octanol–water partition coefficient (Wildman–Crippen LogP) is 4.68. The summed E-state index contributed by atoms with van der Waals surface area (Å²) in [6.07, 6.45) is 3.87. The first-order valence-corrected chi connectivity index (χ1v) is 12.4. The molecule has 10 heteroatoms. The maximum Gasteiger partial charge on any atom is 0.268 e. The number of rotatable bonds is 6. The summed E-state index contributed by atoms with van der Waals surface area (Å²) in [4.78, 5) is 35.7. The molecule has 0 bridgehead atoms. The molecule has 0 radical (unpaired) electrons. The number of hydrogen-bond acceptors (Lipinski definition) is 7. The molecule has 0 atom stereocenters. The van der Waals surface area contributed by atoms with Crippen molar-refractivity contribution in [2.24, 2.45) is 0 Å². The average Bonchev–Trinajstić information content (AvgIpc) is 3.42. The van der Waals surface area contributed by atoms with E-state index in [2.05, 4.69) is 20.6 Å². The number of amides is 2. The van der Waals surface area contributed by atoms with Crippen molar-refractivity contribution >= 4 is 45.8 Å². The summed E-state index contributed by atoms with van der Waals surface area (Å²) in [6, 6.07) is 11.0. The van der Waals surface area contributed by atoms with Crippen molar-refractivity contribution in [3.8, 4) is 16.2 Å². The van der Waals surface area contributed by atoms with Gasteiger partial charge in [0.1, 0.15) is 5.75 Å². The van der Waals surface area contributed by atoms with E-state index in [-0.39, 0.29) is 11.8 Å². The Bertz CT molecular complexity index is 1470. The molecule has 3 N–H and O–H groups in total. The summed E-state index contributed by atoms with van der Waals surface area (Å²) >= 11 is 1.38. The number of imidazole rings is 1. The largest absolute Gasteiger partial charge is 0.476 e. The number of hydrogen-bond donors (Lipinski definition) is 3. The van der Waals surface area contributed by atoms with Crippen molar-refractivity contribution < 1.29 is 19.4 Å². The number of aryl methyl sites for hydroxylation is 1. The molecule has 1 aliphatic rings. The minimum atomic E-state index is -1.01. The van der Waals surface area contributed by atoms with E-state index >= 15 is 0 Å². The quantitative estimate of drug-likeness (QED) is 0.350. The SMILES string of the molecule is CC(C)(O)CCn1c(NC(=O)c2ccc(-c3ccncc3)s2)nc2cc3c(cc21)OC(C)(C)C(=O)N3. The molecule has 0 saturated carbocycles. The summed E-state index contributed by atoms with van der Waals surface area (Å²) in [5.41, 5.74) is 0.905. The Hall–Kier alpha value is -3.76. The molecule has 0 spiro atoms.